The molecule has 19 heteroatoms. The van der Waals surface area contributed by atoms with E-state index in [1.165, 1.54) is 28.2 Å². The van der Waals surface area contributed by atoms with Gasteiger partial charge in [-0.05, 0) is 73.2 Å². The molecule has 0 radical (unpaired) electrons. The van der Waals surface area contributed by atoms with E-state index in [2.05, 4.69) is 25.5 Å². The molecule has 3 N–H and O–H groups in total. The number of rotatable bonds is 11. The lowest BCUT2D eigenvalue weighted by Crippen LogP contribution is -2.52. The molecule has 0 bridgehead atoms. The number of aryl methyl sites for hydroxylation is 1. The molecule has 6 aromatic rings. The number of nitrogens with one attached hydrogen (secondary N) is 2. The van der Waals surface area contributed by atoms with Gasteiger partial charge in [-0.25, -0.2) is 18.7 Å². The summed E-state index contributed by atoms with van der Waals surface area (Å²) in [4.78, 5) is 65.4. The Bertz CT molecular complexity index is 2780. The highest BCUT2D eigenvalue weighted by atomic mass is 32.1. The summed E-state index contributed by atoms with van der Waals surface area (Å²) >= 11 is 1.31. The monoisotopic (exact) mass is 904 g/mol. The molecular formula is C46H46F2N10O6S. The van der Waals surface area contributed by atoms with Gasteiger partial charge >= 0.3 is 0 Å². The standard InChI is InChI=1S/C46H46F2N10O6S/c47-33-22-29(23-35-32(33)26-58(53-35)42(44(62)52-45-49-13-21-65-45)41-37-2-1-14-57(37)27-50-41)28-3-5-30(6-4-28)54-17-19-56(20-18-54)40(60)25-46(63)11-15-55(16-12-46)36-8-7-31(24-34(36)48)64-38-9-10-39(59)51-43(38)61/h3-8,13,21-24,26-27,38,42,63H,1-2,9-12,14-20,25H2,(H,49,52,62)(H,51,59,61). The Morgan fingerprint density at radius 1 is 0.923 bits per heavy atom. The molecule has 0 aliphatic carbocycles. The number of hydrogen-bond donors (Lipinski definition) is 3. The number of piperazine rings is 1. The molecule has 16 nitrogen and oxygen atoms in total. The normalized spacial score (nSPS) is 19.0. The molecular weight excluding hydrogens is 859 g/mol. The van der Waals surface area contributed by atoms with Crippen molar-refractivity contribution in [1.82, 2.24) is 34.5 Å². The van der Waals surface area contributed by atoms with Crippen molar-refractivity contribution in [3.8, 4) is 16.9 Å². The summed E-state index contributed by atoms with van der Waals surface area (Å²) in [6.45, 7) is 3.67. The number of aromatic nitrogens is 5. The van der Waals surface area contributed by atoms with Gasteiger partial charge in [-0.3, -0.25) is 34.5 Å². The third kappa shape index (κ3) is 8.64. The molecule has 0 saturated carbocycles. The minimum Gasteiger partial charge on any atom is -0.480 e. The number of fused-ring (bicyclic) bond motifs is 2. The quantitative estimate of drug-likeness (QED) is 0.148. The molecule has 336 valence electrons. The number of imide groups is 1. The number of halogens is 2. The van der Waals surface area contributed by atoms with Crippen molar-refractivity contribution >= 4 is 62.4 Å². The van der Waals surface area contributed by atoms with Crippen molar-refractivity contribution in [2.24, 2.45) is 0 Å². The molecule has 7 heterocycles. The van der Waals surface area contributed by atoms with Gasteiger partial charge in [0.05, 0.1) is 40.6 Å². The molecule has 3 aromatic heterocycles. The van der Waals surface area contributed by atoms with Crippen LogP contribution in [0.3, 0.4) is 0 Å². The lowest BCUT2D eigenvalue weighted by Gasteiger charge is -2.41. The largest absolute Gasteiger partial charge is 0.480 e. The van der Waals surface area contributed by atoms with Crippen molar-refractivity contribution in [3.05, 3.63) is 102 Å². The van der Waals surface area contributed by atoms with Gasteiger partial charge in [0.15, 0.2) is 17.3 Å². The zero-order valence-electron chi connectivity index (χ0n) is 35.3. The molecule has 4 aliphatic rings. The van der Waals surface area contributed by atoms with E-state index in [1.54, 1.807) is 41.1 Å². The molecule has 65 heavy (non-hydrogen) atoms. The SMILES string of the molecule is O=C1CCC(Oc2ccc(N3CCC(O)(CC(=O)N4CCN(c5ccc(-c6cc(F)c7cn(C(C(=O)Nc8nccs8)c8ncn9c8CCC9)nc7c6)cc5)CC4)CC3)c(F)c2)C(=O)N1. The van der Waals surface area contributed by atoms with Crippen LogP contribution in [0, 0.1) is 11.6 Å². The Morgan fingerprint density at radius 2 is 1.72 bits per heavy atom. The van der Waals surface area contributed by atoms with Gasteiger partial charge in [0.2, 0.25) is 11.8 Å². The first kappa shape index (κ1) is 42.2. The zero-order chi connectivity index (χ0) is 44.8. The average Bonchev–Trinajstić information content (AvgIpc) is 4.13. The topological polar surface area (TPSA) is 180 Å². The summed E-state index contributed by atoms with van der Waals surface area (Å²) in [7, 11) is 0. The molecule has 10 rings (SSSR count). The number of ether oxygens (including phenoxy) is 1. The van der Waals surface area contributed by atoms with Gasteiger partial charge < -0.3 is 29.1 Å². The minimum absolute atomic E-state index is 0.0260. The van der Waals surface area contributed by atoms with E-state index >= 15 is 8.78 Å². The first-order valence-electron chi connectivity index (χ1n) is 21.8. The summed E-state index contributed by atoms with van der Waals surface area (Å²) < 4.78 is 40.3. The van der Waals surface area contributed by atoms with Crippen LogP contribution >= 0.6 is 11.3 Å². The number of benzene rings is 3. The van der Waals surface area contributed by atoms with Crippen LogP contribution in [0.5, 0.6) is 5.75 Å². The molecule has 4 amide bonds. The van der Waals surface area contributed by atoms with Crippen LogP contribution in [0.25, 0.3) is 22.0 Å². The van der Waals surface area contributed by atoms with Crippen molar-refractivity contribution in [2.45, 2.75) is 69.2 Å². The number of carbonyl (C=O) groups is 4. The van der Waals surface area contributed by atoms with Crippen molar-refractivity contribution in [1.29, 1.82) is 0 Å². The Balaban J connectivity index is 0.742. The zero-order valence-corrected chi connectivity index (χ0v) is 36.1. The first-order valence-corrected chi connectivity index (χ1v) is 22.7. The number of hydrogen-bond acceptors (Lipinski definition) is 12. The molecule has 3 saturated heterocycles. The number of carbonyl (C=O) groups excluding carboxylic acids is 4. The number of piperidine rings is 2. The molecule has 0 spiro atoms. The Kier molecular flexibility index (Phi) is 11.3. The second-order valence-corrected chi connectivity index (χ2v) is 18.0. The summed E-state index contributed by atoms with van der Waals surface area (Å²) in [5.74, 6) is -2.20. The van der Waals surface area contributed by atoms with Gasteiger partial charge in [-0.1, -0.05) is 12.1 Å². The predicted molar refractivity (Wildman–Crippen MR) is 238 cm³/mol. The van der Waals surface area contributed by atoms with Crippen LogP contribution in [0.4, 0.5) is 25.3 Å². The average molecular weight is 905 g/mol. The maximum Gasteiger partial charge on any atom is 0.267 e. The van der Waals surface area contributed by atoms with E-state index < -0.39 is 35.3 Å². The number of imidazole rings is 1. The van der Waals surface area contributed by atoms with Crippen molar-refractivity contribution < 1.29 is 37.8 Å². The van der Waals surface area contributed by atoms with E-state index in [0.717, 1.165) is 36.3 Å². The summed E-state index contributed by atoms with van der Waals surface area (Å²) in [6.07, 6.45) is 6.70. The molecule has 2 unspecified atom stereocenters. The van der Waals surface area contributed by atoms with Crippen LogP contribution in [-0.4, -0.2) is 109 Å². The Labute approximate surface area is 375 Å². The molecule has 4 aliphatic heterocycles. The second-order valence-electron chi connectivity index (χ2n) is 17.1. The van der Waals surface area contributed by atoms with Crippen molar-refractivity contribution in [2.75, 3.05) is 54.4 Å². The number of aliphatic hydroxyl groups is 1. The fourth-order valence-electron chi connectivity index (χ4n) is 9.34. The fourth-order valence-corrected chi connectivity index (χ4v) is 9.87. The maximum absolute atomic E-state index is 15.8. The second kappa shape index (κ2) is 17.3. The lowest BCUT2D eigenvalue weighted by atomic mass is 9.87. The summed E-state index contributed by atoms with van der Waals surface area (Å²) in [5, 5.41) is 23.8. The van der Waals surface area contributed by atoms with E-state index in [1.807, 2.05) is 39.8 Å². The van der Waals surface area contributed by atoms with E-state index in [4.69, 9.17) is 9.84 Å². The number of amides is 4. The number of anilines is 3. The van der Waals surface area contributed by atoms with Crippen LogP contribution in [0.2, 0.25) is 0 Å². The highest BCUT2D eigenvalue weighted by Gasteiger charge is 2.38. The van der Waals surface area contributed by atoms with Gasteiger partial charge in [-0.2, -0.15) is 5.10 Å². The highest BCUT2D eigenvalue weighted by Crippen LogP contribution is 2.35. The van der Waals surface area contributed by atoms with E-state index in [-0.39, 0.29) is 61.0 Å². The van der Waals surface area contributed by atoms with Crippen LogP contribution in [-0.2, 0) is 32.1 Å². The van der Waals surface area contributed by atoms with Crippen LogP contribution in [0.1, 0.15) is 56.0 Å². The van der Waals surface area contributed by atoms with Gasteiger partial charge in [0, 0.05) is 93.9 Å². The Hall–Kier alpha value is -6.73. The fraction of sp³-hybridized carbons (Fsp3) is 0.370. The molecule has 3 fully saturated rings. The Morgan fingerprint density at radius 3 is 2.46 bits per heavy atom. The predicted octanol–water partition coefficient (Wildman–Crippen LogP) is 5.06. The minimum atomic E-state index is -1.22. The summed E-state index contributed by atoms with van der Waals surface area (Å²) in [5.41, 5.74) is 3.47. The van der Waals surface area contributed by atoms with E-state index in [9.17, 15) is 24.3 Å². The maximum atomic E-state index is 15.8. The van der Waals surface area contributed by atoms with E-state index in [0.29, 0.717) is 66.9 Å². The van der Waals surface area contributed by atoms with Crippen LogP contribution in [0.15, 0.2) is 78.7 Å². The highest BCUT2D eigenvalue weighted by molar-refractivity contribution is 7.13. The van der Waals surface area contributed by atoms with Gasteiger partial charge in [0.1, 0.15) is 17.4 Å². The molecule has 3 aromatic carbocycles. The third-order valence-electron chi connectivity index (χ3n) is 12.9. The van der Waals surface area contributed by atoms with Gasteiger partial charge in [-0.15, -0.1) is 11.3 Å². The first-order chi connectivity index (χ1) is 31.5. The number of thiazole rings is 1. The summed E-state index contributed by atoms with van der Waals surface area (Å²) in [6, 6.07) is 14.6. The smallest absolute Gasteiger partial charge is 0.267 e. The third-order valence-corrected chi connectivity index (χ3v) is 13.6. The van der Waals surface area contributed by atoms with Crippen molar-refractivity contribution in [3.63, 3.8) is 0 Å². The number of nitrogens with zero attached hydrogens (tertiary/aromatic N) is 8. The van der Waals surface area contributed by atoms with Gasteiger partial charge in [0.25, 0.3) is 11.8 Å². The molecule has 2 atom stereocenters. The van der Waals surface area contributed by atoms with Crippen LogP contribution < -0.4 is 25.2 Å². The lowest BCUT2D eigenvalue weighted by molar-refractivity contribution is -0.139.